The second-order valence-corrected chi connectivity index (χ2v) is 15.0. The molecule has 2 bridgehead atoms. The molecule has 2 saturated carbocycles. The van der Waals surface area contributed by atoms with Gasteiger partial charge in [-0.15, -0.1) is 0 Å². The Morgan fingerprint density at radius 2 is 1.54 bits per heavy atom. The van der Waals surface area contributed by atoms with Gasteiger partial charge >= 0.3 is 0 Å². The van der Waals surface area contributed by atoms with Crippen LogP contribution in [0.3, 0.4) is 0 Å². The number of fused-ring (bicyclic) bond motifs is 2. The fourth-order valence-electron chi connectivity index (χ4n) is 7.84. The number of hydrogen-bond acceptors (Lipinski definition) is 6. The van der Waals surface area contributed by atoms with E-state index in [4.69, 9.17) is 9.47 Å². The molecule has 46 heavy (non-hydrogen) atoms. The average Bonchev–Trinajstić information content (AvgIpc) is 2.98. The molecule has 1 aromatic carbocycles. The molecule has 2 unspecified atom stereocenters. The first kappa shape index (κ1) is 37.2. The molecule has 3 rings (SSSR count). The third-order valence-corrected chi connectivity index (χ3v) is 10.9. The molecule has 6 heteroatoms. The summed E-state index contributed by atoms with van der Waals surface area (Å²) in [6.45, 7) is 22.4. The summed E-state index contributed by atoms with van der Waals surface area (Å²) < 4.78 is 10.9. The fourth-order valence-corrected chi connectivity index (χ4v) is 7.84. The highest BCUT2D eigenvalue weighted by atomic mass is 16.5. The Bertz CT molecular complexity index is 1450. The summed E-state index contributed by atoms with van der Waals surface area (Å²) in [4.78, 5) is 45.0. The van der Waals surface area contributed by atoms with Crippen molar-refractivity contribution in [2.45, 2.75) is 101 Å². The lowest BCUT2D eigenvalue weighted by molar-refractivity contribution is -0.198. The highest BCUT2D eigenvalue weighted by molar-refractivity contribution is 6.23. The smallest absolute Gasteiger partial charge is 0.176 e. The monoisotopic (exact) mass is 632 g/mol. The van der Waals surface area contributed by atoms with E-state index in [1.54, 1.807) is 18.2 Å². The summed E-state index contributed by atoms with van der Waals surface area (Å²) in [7, 11) is 3.00. The van der Waals surface area contributed by atoms with Crippen LogP contribution in [-0.4, -0.2) is 42.8 Å². The minimum Gasteiger partial charge on any atom is -0.493 e. The zero-order chi connectivity index (χ0) is 34.8. The molecular formula is C40H56O6. The Morgan fingerprint density at radius 1 is 0.957 bits per heavy atom. The van der Waals surface area contributed by atoms with Gasteiger partial charge in [0, 0.05) is 5.56 Å². The van der Waals surface area contributed by atoms with Gasteiger partial charge in [-0.05, 0) is 116 Å². The van der Waals surface area contributed by atoms with Gasteiger partial charge < -0.3 is 14.6 Å². The van der Waals surface area contributed by atoms with E-state index >= 15 is 9.59 Å². The van der Waals surface area contributed by atoms with Crippen LogP contribution in [0, 0.1) is 34.0 Å². The molecule has 0 radical (unpaired) electrons. The lowest BCUT2D eigenvalue weighted by Gasteiger charge is -2.64. The topological polar surface area (TPSA) is 89.9 Å². The van der Waals surface area contributed by atoms with Crippen LogP contribution in [0.25, 0.3) is 0 Å². The molecule has 2 aliphatic rings. The quantitative estimate of drug-likeness (QED) is 0.133. The van der Waals surface area contributed by atoms with E-state index in [1.807, 2.05) is 68.4 Å². The zero-order valence-electron chi connectivity index (χ0n) is 30.0. The molecule has 1 N–H and O–H groups in total. The Balaban J connectivity index is 2.39. The van der Waals surface area contributed by atoms with E-state index in [0.717, 1.165) is 22.3 Å². The molecule has 0 heterocycles. The molecule has 0 amide bonds. The number of aliphatic hydroxyl groups is 1. The Labute approximate surface area is 277 Å². The van der Waals surface area contributed by atoms with Crippen molar-refractivity contribution in [2.24, 2.45) is 34.0 Å². The zero-order valence-corrected chi connectivity index (χ0v) is 30.0. The van der Waals surface area contributed by atoms with Gasteiger partial charge in [0.2, 0.25) is 0 Å². The number of rotatable bonds is 13. The number of Topliss-reactive ketones (excluding diaryl/α,β-unsaturated/α-hetero) is 3. The molecule has 1 aromatic rings. The van der Waals surface area contributed by atoms with E-state index in [-0.39, 0.29) is 29.6 Å². The van der Waals surface area contributed by atoms with E-state index in [0.29, 0.717) is 37.2 Å². The molecule has 252 valence electrons. The SMILES string of the molecule is C=C(C)[C@H](CC=C(C)C)C[C@]12C[C@H](CC=C(C)C)C(C)(C)[C@](CC=C(C)C)(C(=O)C(C(=O)c3ccc(OC)c(OC)c3)C1O)C2=O. The molecule has 0 aromatic heterocycles. The van der Waals surface area contributed by atoms with E-state index in [1.165, 1.54) is 14.2 Å². The predicted molar refractivity (Wildman–Crippen MR) is 185 cm³/mol. The maximum Gasteiger partial charge on any atom is 0.176 e. The van der Waals surface area contributed by atoms with Crippen molar-refractivity contribution in [2.75, 3.05) is 14.2 Å². The molecule has 6 atom stereocenters. The van der Waals surface area contributed by atoms with Crippen LogP contribution >= 0.6 is 0 Å². The van der Waals surface area contributed by atoms with Crippen molar-refractivity contribution in [3.63, 3.8) is 0 Å². The van der Waals surface area contributed by atoms with E-state index in [9.17, 15) is 9.90 Å². The summed E-state index contributed by atoms with van der Waals surface area (Å²) in [5.74, 6) is -2.05. The van der Waals surface area contributed by atoms with Gasteiger partial charge in [0.25, 0.3) is 0 Å². The highest BCUT2D eigenvalue weighted by Gasteiger charge is 2.75. The second kappa shape index (κ2) is 14.3. The minimum absolute atomic E-state index is 0.0874. The van der Waals surface area contributed by atoms with Crippen molar-refractivity contribution in [1.82, 2.24) is 0 Å². The molecule has 2 fully saturated rings. The maximum atomic E-state index is 15.4. The third kappa shape index (κ3) is 6.60. The van der Waals surface area contributed by atoms with E-state index < -0.39 is 39.8 Å². The van der Waals surface area contributed by atoms with Crippen LogP contribution in [0.1, 0.15) is 105 Å². The van der Waals surface area contributed by atoms with Crippen molar-refractivity contribution >= 4 is 17.3 Å². The summed E-state index contributed by atoms with van der Waals surface area (Å²) in [6.07, 6.45) is 6.97. The normalized spacial score (nSPS) is 27.3. The molecule has 0 saturated heterocycles. The number of aliphatic hydroxyl groups excluding tert-OH is 1. The van der Waals surface area contributed by atoms with Gasteiger partial charge in [-0.3, -0.25) is 14.4 Å². The highest BCUT2D eigenvalue weighted by Crippen LogP contribution is 2.67. The summed E-state index contributed by atoms with van der Waals surface area (Å²) in [5, 5.41) is 12.5. The van der Waals surface area contributed by atoms with Crippen LogP contribution < -0.4 is 9.47 Å². The Hall–Kier alpha value is -3.25. The number of hydrogen-bond donors (Lipinski definition) is 1. The van der Waals surface area contributed by atoms with Crippen LogP contribution in [-0.2, 0) is 9.59 Å². The molecule has 2 aliphatic carbocycles. The minimum atomic E-state index is -1.51. The summed E-state index contributed by atoms with van der Waals surface area (Å²) in [5.41, 5.74) is 0.811. The number of ketones is 3. The number of benzene rings is 1. The van der Waals surface area contributed by atoms with Gasteiger partial charge in [0.05, 0.1) is 31.2 Å². The lowest BCUT2D eigenvalue weighted by atomic mass is 9.37. The van der Waals surface area contributed by atoms with Crippen molar-refractivity contribution in [1.29, 1.82) is 0 Å². The van der Waals surface area contributed by atoms with Crippen LogP contribution in [0.5, 0.6) is 11.5 Å². The van der Waals surface area contributed by atoms with Gasteiger partial charge in [-0.1, -0.05) is 60.9 Å². The van der Waals surface area contributed by atoms with Gasteiger partial charge in [-0.25, -0.2) is 0 Å². The fraction of sp³-hybridized carbons (Fsp3) is 0.575. The number of ether oxygens (including phenoxy) is 2. The summed E-state index contributed by atoms with van der Waals surface area (Å²) in [6, 6.07) is 4.78. The first-order valence-corrected chi connectivity index (χ1v) is 16.5. The number of methoxy groups -OCH3 is 2. The van der Waals surface area contributed by atoms with Crippen LogP contribution in [0.4, 0.5) is 0 Å². The van der Waals surface area contributed by atoms with Crippen molar-refractivity contribution in [3.8, 4) is 11.5 Å². The maximum absolute atomic E-state index is 15.4. The first-order valence-electron chi connectivity index (χ1n) is 16.5. The number of allylic oxidation sites excluding steroid dienone is 7. The van der Waals surface area contributed by atoms with Gasteiger partial charge in [-0.2, -0.15) is 0 Å². The van der Waals surface area contributed by atoms with Gasteiger partial charge in [0.1, 0.15) is 5.92 Å². The average molecular weight is 633 g/mol. The molecule has 0 spiro atoms. The molecule has 6 nitrogen and oxygen atoms in total. The van der Waals surface area contributed by atoms with Crippen LogP contribution in [0.2, 0.25) is 0 Å². The second-order valence-electron chi connectivity index (χ2n) is 15.0. The van der Waals surface area contributed by atoms with Crippen molar-refractivity contribution in [3.05, 3.63) is 70.9 Å². The standard InChI is InChI=1S/C40H56O6/c1-24(2)13-15-29(27(7)8)22-39-23-30(17-14-25(3)4)38(9,10)40(37(39)44,20-19-26(5)6)36(43)33(35(39)42)34(41)28-16-18-31(45-11)32(21-28)46-12/h13-14,16,18-19,21,29-30,33,35,42H,7,15,17,20,22-23H2,1-6,8-12H3/t29-,30+,33?,35?,39+,40-/m1/s1. The Morgan fingerprint density at radius 3 is 2.07 bits per heavy atom. The van der Waals surface area contributed by atoms with E-state index in [2.05, 4.69) is 18.7 Å². The largest absolute Gasteiger partial charge is 0.493 e. The van der Waals surface area contributed by atoms with Crippen molar-refractivity contribution < 1.29 is 29.0 Å². The van der Waals surface area contributed by atoms with Gasteiger partial charge in [0.15, 0.2) is 28.8 Å². The first-order chi connectivity index (χ1) is 21.4. The third-order valence-electron chi connectivity index (χ3n) is 10.9. The van der Waals surface area contributed by atoms with Crippen LogP contribution in [0.15, 0.2) is 65.3 Å². The molecule has 0 aliphatic heterocycles. The number of carbonyl (C=O) groups excluding carboxylic acids is 3. The molecular weight excluding hydrogens is 576 g/mol. The number of carbonyl (C=O) groups is 3. The lowest BCUT2D eigenvalue weighted by Crippen LogP contribution is -2.73. The summed E-state index contributed by atoms with van der Waals surface area (Å²) >= 11 is 0. The predicted octanol–water partition coefficient (Wildman–Crippen LogP) is 8.69. The Kier molecular flexibility index (Phi) is 11.5.